The van der Waals surface area contributed by atoms with Gasteiger partial charge in [0.25, 0.3) is 5.91 Å². The van der Waals surface area contributed by atoms with E-state index in [4.69, 9.17) is 15.1 Å². The van der Waals surface area contributed by atoms with Crippen LogP contribution in [0.25, 0.3) is 0 Å². The molecule has 7 heteroatoms. The summed E-state index contributed by atoms with van der Waals surface area (Å²) >= 11 is 0. The summed E-state index contributed by atoms with van der Waals surface area (Å²) in [5.74, 6) is -1.17. The van der Waals surface area contributed by atoms with Gasteiger partial charge in [-0.15, -0.1) is 0 Å². The second-order valence-corrected chi connectivity index (χ2v) is 3.98. The van der Waals surface area contributed by atoms with E-state index in [1.165, 1.54) is 6.20 Å². The van der Waals surface area contributed by atoms with Gasteiger partial charge in [0.15, 0.2) is 0 Å². The van der Waals surface area contributed by atoms with Crippen LogP contribution in [0.3, 0.4) is 0 Å². The van der Waals surface area contributed by atoms with E-state index in [9.17, 15) is 9.59 Å². The van der Waals surface area contributed by atoms with E-state index < -0.39 is 18.4 Å². The molecule has 21 heavy (non-hydrogen) atoms. The second-order valence-electron chi connectivity index (χ2n) is 3.98. The molecule has 0 aliphatic heterocycles. The first-order valence-electron chi connectivity index (χ1n) is 6.03. The number of hydrogen-bond acceptors (Lipinski definition) is 5. The Hall–Kier alpha value is -3.01. The Morgan fingerprint density at radius 3 is 2.57 bits per heavy atom. The Balaban J connectivity index is 2.54. The lowest BCUT2D eigenvalue weighted by Crippen LogP contribution is -2.30. The van der Waals surface area contributed by atoms with Crippen LogP contribution in [-0.4, -0.2) is 30.6 Å². The summed E-state index contributed by atoms with van der Waals surface area (Å²) in [5.41, 5.74) is 0.750. The Kier molecular flexibility index (Phi) is 6.28. The highest BCUT2D eigenvalue weighted by atomic mass is 16.5. The average molecular weight is 289 g/mol. The molecule has 7 nitrogen and oxygen atoms in total. The number of hydrogen-bond donors (Lipinski definition) is 3. The van der Waals surface area contributed by atoms with Crippen LogP contribution in [0.2, 0.25) is 0 Å². The third-order valence-electron chi connectivity index (χ3n) is 2.48. The molecule has 0 unspecified atom stereocenters. The first-order valence-corrected chi connectivity index (χ1v) is 6.03. The molecule has 0 bridgehead atoms. The third kappa shape index (κ3) is 5.65. The van der Waals surface area contributed by atoms with E-state index >= 15 is 0 Å². The minimum atomic E-state index is -1.17. The lowest BCUT2D eigenvalue weighted by atomic mass is 10.2. The van der Waals surface area contributed by atoms with E-state index in [1.807, 2.05) is 12.1 Å². The number of rotatable bonds is 7. The lowest BCUT2D eigenvalue weighted by molar-refractivity contribution is -0.137. The maximum Gasteiger partial charge on any atom is 0.322 e. The monoisotopic (exact) mass is 289 g/mol. The number of carbonyl (C=O) groups is 2. The van der Waals surface area contributed by atoms with Crippen molar-refractivity contribution in [3.05, 3.63) is 41.6 Å². The maximum atomic E-state index is 11.5. The summed E-state index contributed by atoms with van der Waals surface area (Å²) in [6, 6.07) is 8.98. The van der Waals surface area contributed by atoms with Gasteiger partial charge in [0.1, 0.15) is 23.9 Å². The Bertz CT molecular complexity index is 573. The quantitative estimate of drug-likeness (QED) is 0.494. The molecular formula is C14H15N3O4. The molecule has 0 fully saturated rings. The van der Waals surface area contributed by atoms with Gasteiger partial charge in [0, 0.05) is 12.7 Å². The Morgan fingerprint density at radius 1 is 1.38 bits per heavy atom. The lowest BCUT2D eigenvalue weighted by Gasteiger charge is -2.05. The smallest absolute Gasteiger partial charge is 0.322 e. The molecule has 1 aromatic carbocycles. The average Bonchev–Trinajstić information content (AvgIpc) is 2.49. The number of methoxy groups -OCH3 is 1. The van der Waals surface area contributed by atoms with Crippen molar-refractivity contribution in [3.63, 3.8) is 0 Å². The summed E-state index contributed by atoms with van der Waals surface area (Å²) in [6.45, 7) is -0.113. The van der Waals surface area contributed by atoms with Crippen LogP contribution in [0.4, 0.5) is 0 Å². The van der Waals surface area contributed by atoms with Crippen molar-refractivity contribution in [1.29, 1.82) is 5.26 Å². The summed E-state index contributed by atoms with van der Waals surface area (Å²) in [4.78, 5) is 21.8. The fraction of sp³-hybridized carbons (Fsp3) is 0.214. The van der Waals surface area contributed by atoms with Crippen LogP contribution < -0.4 is 15.4 Å². The molecule has 3 N–H and O–H groups in total. The van der Waals surface area contributed by atoms with Crippen molar-refractivity contribution < 1.29 is 19.4 Å². The molecular weight excluding hydrogens is 274 g/mol. The number of nitrogens with one attached hydrogen (secondary N) is 2. The van der Waals surface area contributed by atoms with Gasteiger partial charge in [-0.1, -0.05) is 12.1 Å². The minimum absolute atomic E-state index is 0.190. The fourth-order valence-corrected chi connectivity index (χ4v) is 1.41. The minimum Gasteiger partial charge on any atom is -0.497 e. The number of nitriles is 1. The third-order valence-corrected chi connectivity index (χ3v) is 2.48. The molecule has 1 rings (SSSR count). The Labute approximate surface area is 121 Å². The molecule has 0 heterocycles. The van der Waals surface area contributed by atoms with E-state index in [0.717, 1.165) is 11.3 Å². The Morgan fingerprint density at radius 2 is 2.05 bits per heavy atom. The molecule has 110 valence electrons. The standard InChI is InChI=1S/C14H15N3O4/c1-21-12-4-2-10(3-5-12)7-16-8-11(6-15)14(20)17-9-13(18)19/h2-5,8,16H,7,9H2,1H3,(H,17,20)(H,18,19)/b11-8-. The number of carboxylic acids is 1. The molecule has 1 amide bonds. The normalized spacial score (nSPS) is 10.4. The summed E-state index contributed by atoms with van der Waals surface area (Å²) < 4.78 is 5.03. The molecule has 0 saturated heterocycles. The van der Waals surface area contributed by atoms with Crippen LogP contribution in [0.5, 0.6) is 5.75 Å². The summed E-state index contributed by atoms with van der Waals surface area (Å²) in [7, 11) is 1.57. The fourth-order valence-electron chi connectivity index (χ4n) is 1.41. The van der Waals surface area contributed by atoms with E-state index in [2.05, 4.69) is 10.6 Å². The van der Waals surface area contributed by atoms with Crippen LogP contribution in [0, 0.1) is 11.3 Å². The van der Waals surface area contributed by atoms with Gasteiger partial charge in [-0.25, -0.2) is 0 Å². The number of nitrogens with zero attached hydrogens (tertiary/aromatic N) is 1. The highest BCUT2D eigenvalue weighted by molar-refractivity contribution is 5.98. The largest absolute Gasteiger partial charge is 0.497 e. The molecule has 0 aromatic heterocycles. The molecule has 1 aromatic rings. The first-order chi connectivity index (χ1) is 10.1. The highest BCUT2D eigenvalue weighted by Crippen LogP contribution is 2.10. The zero-order valence-corrected chi connectivity index (χ0v) is 11.4. The van der Waals surface area contributed by atoms with Gasteiger partial charge >= 0.3 is 5.97 Å². The van der Waals surface area contributed by atoms with Crippen LogP contribution in [0.15, 0.2) is 36.0 Å². The summed E-state index contributed by atoms with van der Waals surface area (Å²) in [6.07, 6.45) is 1.25. The van der Waals surface area contributed by atoms with Crippen molar-refractivity contribution in [2.45, 2.75) is 6.54 Å². The SMILES string of the molecule is COc1ccc(CN/C=C(/C#N)C(=O)NCC(=O)O)cc1. The zero-order valence-electron chi connectivity index (χ0n) is 11.4. The van der Waals surface area contributed by atoms with Crippen molar-refractivity contribution in [2.24, 2.45) is 0 Å². The van der Waals surface area contributed by atoms with Gasteiger partial charge in [-0.3, -0.25) is 9.59 Å². The van der Waals surface area contributed by atoms with Gasteiger partial charge in [0.2, 0.25) is 0 Å². The zero-order chi connectivity index (χ0) is 15.7. The number of aliphatic carboxylic acids is 1. The number of carbonyl (C=O) groups excluding carboxylic acids is 1. The van der Waals surface area contributed by atoms with E-state index in [0.29, 0.717) is 6.54 Å². The molecule has 0 radical (unpaired) electrons. The van der Waals surface area contributed by atoms with Gasteiger partial charge in [0.05, 0.1) is 7.11 Å². The predicted molar refractivity (Wildman–Crippen MR) is 74.2 cm³/mol. The second kappa shape index (κ2) is 8.22. The van der Waals surface area contributed by atoms with E-state index in [-0.39, 0.29) is 5.57 Å². The first kappa shape index (κ1) is 16.0. The van der Waals surface area contributed by atoms with Gasteiger partial charge in [-0.05, 0) is 17.7 Å². The van der Waals surface area contributed by atoms with E-state index in [1.54, 1.807) is 25.3 Å². The highest BCUT2D eigenvalue weighted by Gasteiger charge is 2.09. The van der Waals surface area contributed by atoms with Crippen molar-refractivity contribution in [3.8, 4) is 11.8 Å². The molecule has 0 aliphatic carbocycles. The van der Waals surface area contributed by atoms with Crippen LogP contribution in [-0.2, 0) is 16.1 Å². The van der Waals surface area contributed by atoms with Crippen LogP contribution >= 0.6 is 0 Å². The number of carboxylic acid groups (broad SMARTS) is 1. The maximum absolute atomic E-state index is 11.5. The van der Waals surface area contributed by atoms with Crippen LogP contribution in [0.1, 0.15) is 5.56 Å². The topological polar surface area (TPSA) is 111 Å². The molecule has 0 saturated carbocycles. The molecule has 0 spiro atoms. The predicted octanol–water partition coefficient (Wildman–Crippen LogP) is 0.393. The summed E-state index contributed by atoms with van der Waals surface area (Å²) in [5, 5.41) is 22.2. The van der Waals surface area contributed by atoms with Gasteiger partial charge in [-0.2, -0.15) is 5.26 Å². The van der Waals surface area contributed by atoms with Crippen molar-refractivity contribution in [2.75, 3.05) is 13.7 Å². The van der Waals surface area contributed by atoms with Crippen molar-refractivity contribution >= 4 is 11.9 Å². The van der Waals surface area contributed by atoms with Gasteiger partial charge < -0.3 is 20.5 Å². The molecule has 0 aliphatic rings. The molecule has 0 atom stereocenters. The number of ether oxygens (including phenoxy) is 1. The van der Waals surface area contributed by atoms with Crippen molar-refractivity contribution in [1.82, 2.24) is 10.6 Å². The number of amides is 1. The number of benzene rings is 1.